The van der Waals surface area contributed by atoms with Crippen molar-refractivity contribution in [2.24, 2.45) is 0 Å². The van der Waals surface area contributed by atoms with Crippen molar-refractivity contribution in [2.45, 2.75) is 31.8 Å². The van der Waals surface area contributed by atoms with Crippen LogP contribution < -0.4 is 0 Å². The van der Waals surface area contributed by atoms with E-state index in [1.54, 1.807) is 17.0 Å². The monoisotopic (exact) mass is 268 g/mol. The average Bonchev–Trinajstić information content (AvgIpc) is 2.49. The molecule has 1 saturated heterocycles. The fourth-order valence-corrected chi connectivity index (χ4v) is 2.36. The predicted molar refractivity (Wildman–Crippen MR) is 69.6 cm³/mol. The largest absolute Gasteiger partial charge is 0.390 e. The standard InChI is InChI=1S/C13H17ClN2O2/c1-13(18)4-2-7-16(8-5-13)12(17)10-3-6-15-11(14)9-10/h3,6,9,18H,2,4-5,7-8H2,1H3. The van der Waals surface area contributed by atoms with Crippen molar-refractivity contribution < 1.29 is 9.90 Å². The van der Waals surface area contributed by atoms with Crippen molar-refractivity contribution in [3.63, 3.8) is 0 Å². The van der Waals surface area contributed by atoms with E-state index in [1.165, 1.54) is 6.20 Å². The minimum absolute atomic E-state index is 0.0444. The van der Waals surface area contributed by atoms with Gasteiger partial charge in [-0.05, 0) is 38.3 Å². The fourth-order valence-electron chi connectivity index (χ4n) is 2.18. The van der Waals surface area contributed by atoms with Gasteiger partial charge in [-0.2, -0.15) is 0 Å². The van der Waals surface area contributed by atoms with Crippen LogP contribution in [-0.2, 0) is 0 Å². The molecule has 0 spiro atoms. The first-order valence-corrected chi connectivity index (χ1v) is 6.49. The molecule has 4 nitrogen and oxygen atoms in total. The van der Waals surface area contributed by atoms with Crippen LogP contribution >= 0.6 is 11.6 Å². The first-order chi connectivity index (χ1) is 8.48. The summed E-state index contributed by atoms with van der Waals surface area (Å²) in [4.78, 5) is 17.9. The van der Waals surface area contributed by atoms with Crippen LogP contribution in [0.3, 0.4) is 0 Å². The Hall–Kier alpha value is -1.13. The van der Waals surface area contributed by atoms with Crippen molar-refractivity contribution in [2.75, 3.05) is 13.1 Å². The summed E-state index contributed by atoms with van der Waals surface area (Å²) in [7, 11) is 0. The lowest BCUT2D eigenvalue weighted by atomic mass is 9.98. The second-order valence-corrected chi connectivity index (χ2v) is 5.40. The van der Waals surface area contributed by atoms with Crippen LogP contribution in [0.15, 0.2) is 18.3 Å². The molecule has 1 unspecified atom stereocenters. The van der Waals surface area contributed by atoms with Crippen LogP contribution in [0.25, 0.3) is 0 Å². The molecule has 1 N–H and O–H groups in total. The van der Waals surface area contributed by atoms with Gasteiger partial charge in [-0.15, -0.1) is 0 Å². The molecule has 1 aliphatic rings. The van der Waals surface area contributed by atoms with Gasteiger partial charge in [0.25, 0.3) is 5.91 Å². The number of carbonyl (C=O) groups excluding carboxylic acids is 1. The van der Waals surface area contributed by atoms with Gasteiger partial charge >= 0.3 is 0 Å². The highest BCUT2D eigenvalue weighted by Gasteiger charge is 2.27. The number of hydrogen-bond donors (Lipinski definition) is 1. The van der Waals surface area contributed by atoms with Crippen LogP contribution in [0.2, 0.25) is 5.15 Å². The van der Waals surface area contributed by atoms with Gasteiger partial charge in [-0.3, -0.25) is 4.79 Å². The maximum atomic E-state index is 12.3. The third-order valence-electron chi connectivity index (χ3n) is 3.32. The van der Waals surface area contributed by atoms with Gasteiger partial charge in [0.2, 0.25) is 0 Å². The first kappa shape index (κ1) is 13.3. The maximum Gasteiger partial charge on any atom is 0.254 e. The Kier molecular flexibility index (Phi) is 3.88. The summed E-state index contributed by atoms with van der Waals surface area (Å²) < 4.78 is 0. The van der Waals surface area contributed by atoms with Crippen molar-refractivity contribution in [3.8, 4) is 0 Å². The molecule has 5 heteroatoms. The summed E-state index contributed by atoms with van der Waals surface area (Å²) in [5, 5.41) is 10.3. The van der Waals surface area contributed by atoms with Crippen molar-refractivity contribution >= 4 is 17.5 Å². The minimum atomic E-state index is -0.662. The topological polar surface area (TPSA) is 53.4 Å². The van der Waals surface area contributed by atoms with Gasteiger partial charge in [-0.25, -0.2) is 4.98 Å². The van der Waals surface area contributed by atoms with E-state index in [2.05, 4.69) is 4.98 Å². The van der Waals surface area contributed by atoms with Crippen LogP contribution in [0.1, 0.15) is 36.5 Å². The molecular formula is C13H17ClN2O2. The Balaban J connectivity index is 2.10. The van der Waals surface area contributed by atoms with Crippen molar-refractivity contribution in [1.29, 1.82) is 0 Å². The molecule has 0 aliphatic carbocycles. The van der Waals surface area contributed by atoms with Crippen LogP contribution in [-0.4, -0.2) is 39.6 Å². The summed E-state index contributed by atoms with van der Waals surface area (Å²) in [6.07, 6.45) is 3.69. The summed E-state index contributed by atoms with van der Waals surface area (Å²) in [6.45, 7) is 3.07. The molecule has 1 aromatic heterocycles. The van der Waals surface area contributed by atoms with Gasteiger partial charge < -0.3 is 10.0 Å². The normalized spacial score (nSPS) is 24.7. The van der Waals surface area contributed by atoms with Gasteiger partial charge in [0.15, 0.2) is 0 Å². The summed E-state index contributed by atoms with van der Waals surface area (Å²) in [5.41, 5.74) is -0.109. The van der Waals surface area contributed by atoms with Crippen LogP contribution in [0.5, 0.6) is 0 Å². The minimum Gasteiger partial charge on any atom is -0.390 e. The zero-order valence-electron chi connectivity index (χ0n) is 10.4. The molecule has 0 bridgehead atoms. The molecule has 1 amide bonds. The number of rotatable bonds is 1. The van der Waals surface area contributed by atoms with Crippen LogP contribution in [0, 0.1) is 0 Å². The Morgan fingerprint density at radius 2 is 2.28 bits per heavy atom. The van der Waals surface area contributed by atoms with E-state index in [9.17, 15) is 9.90 Å². The molecule has 2 rings (SSSR count). The Labute approximate surface area is 112 Å². The first-order valence-electron chi connectivity index (χ1n) is 6.11. The van der Waals surface area contributed by atoms with Gasteiger partial charge in [0.05, 0.1) is 5.60 Å². The van der Waals surface area contributed by atoms with E-state index in [1.807, 2.05) is 6.92 Å². The number of pyridine rings is 1. The number of nitrogens with zero attached hydrogens (tertiary/aromatic N) is 2. The van der Waals surface area contributed by atoms with E-state index in [0.717, 1.165) is 12.8 Å². The van der Waals surface area contributed by atoms with Crippen LogP contribution in [0.4, 0.5) is 0 Å². The highest BCUT2D eigenvalue weighted by molar-refractivity contribution is 6.29. The quantitative estimate of drug-likeness (QED) is 0.794. The lowest BCUT2D eigenvalue weighted by Crippen LogP contribution is -2.33. The predicted octanol–water partition coefficient (Wildman–Crippen LogP) is 2.11. The number of likely N-dealkylation sites (tertiary alicyclic amines) is 1. The van der Waals surface area contributed by atoms with Crippen molar-refractivity contribution in [1.82, 2.24) is 9.88 Å². The third-order valence-corrected chi connectivity index (χ3v) is 3.53. The molecule has 1 aromatic rings. The van der Waals surface area contributed by atoms with Gasteiger partial charge in [0, 0.05) is 24.8 Å². The Morgan fingerprint density at radius 1 is 1.50 bits per heavy atom. The number of aliphatic hydroxyl groups is 1. The third kappa shape index (κ3) is 3.21. The lowest BCUT2D eigenvalue weighted by molar-refractivity contribution is 0.0438. The number of aromatic nitrogens is 1. The molecule has 1 fully saturated rings. The molecular weight excluding hydrogens is 252 g/mol. The summed E-state index contributed by atoms with van der Waals surface area (Å²) in [6, 6.07) is 3.24. The van der Waals surface area contributed by atoms with E-state index >= 15 is 0 Å². The van der Waals surface area contributed by atoms with Gasteiger partial charge in [-0.1, -0.05) is 11.6 Å². The number of halogens is 1. The van der Waals surface area contributed by atoms with E-state index in [0.29, 0.717) is 30.2 Å². The molecule has 0 saturated carbocycles. The molecule has 0 aromatic carbocycles. The van der Waals surface area contributed by atoms with Gasteiger partial charge in [0.1, 0.15) is 5.15 Å². The highest BCUT2D eigenvalue weighted by Crippen LogP contribution is 2.22. The molecule has 0 radical (unpaired) electrons. The summed E-state index contributed by atoms with van der Waals surface area (Å²) in [5.74, 6) is -0.0444. The number of amides is 1. The zero-order chi connectivity index (χ0) is 13.2. The molecule has 2 heterocycles. The molecule has 98 valence electrons. The molecule has 1 aliphatic heterocycles. The molecule has 18 heavy (non-hydrogen) atoms. The number of hydrogen-bond acceptors (Lipinski definition) is 3. The SMILES string of the molecule is CC1(O)CCCN(C(=O)c2ccnc(Cl)c2)CC1. The van der Waals surface area contributed by atoms with E-state index in [4.69, 9.17) is 11.6 Å². The fraction of sp³-hybridized carbons (Fsp3) is 0.538. The average molecular weight is 269 g/mol. The summed E-state index contributed by atoms with van der Waals surface area (Å²) >= 11 is 5.78. The smallest absolute Gasteiger partial charge is 0.254 e. The second-order valence-electron chi connectivity index (χ2n) is 5.01. The maximum absolute atomic E-state index is 12.3. The number of carbonyl (C=O) groups is 1. The molecule has 1 atom stereocenters. The zero-order valence-corrected chi connectivity index (χ0v) is 11.2. The lowest BCUT2D eigenvalue weighted by Gasteiger charge is -2.22. The van der Waals surface area contributed by atoms with E-state index in [-0.39, 0.29) is 5.91 Å². The van der Waals surface area contributed by atoms with E-state index < -0.39 is 5.60 Å². The second kappa shape index (κ2) is 5.24. The highest BCUT2D eigenvalue weighted by atomic mass is 35.5. The van der Waals surface area contributed by atoms with Crippen molar-refractivity contribution in [3.05, 3.63) is 29.0 Å². The Bertz CT molecular complexity index is 448. The Morgan fingerprint density at radius 3 is 3.00 bits per heavy atom.